The number of ether oxygens (including phenoxy) is 1. The molecule has 1 saturated heterocycles. The Kier molecular flexibility index (Phi) is 11.8. The molecular formula is C24H33F2IN4O2. The zero-order chi connectivity index (χ0) is 22.8. The van der Waals surface area contributed by atoms with Gasteiger partial charge >= 0.3 is 0 Å². The zero-order valence-corrected chi connectivity index (χ0v) is 21.2. The molecule has 182 valence electrons. The van der Waals surface area contributed by atoms with Crippen LogP contribution in [0.1, 0.15) is 25.3 Å². The molecule has 0 aromatic heterocycles. The van der Waals surface area contributed by atoms with Crippen molar-refractivity contribution in [1.29, 1.82) is 0 Å². The normalized spacial score (nSPS) is 16.1. The smallest absolute Gasteiger partial charge is 0.191 e. The lowest BCUT2D eigenvalue weighted by molar-refractivity contribution is 0.114. The highest BCUT2D eigenvalue weighted by Gasteiger charge is 2.20. The van der Waals surface area contributed by atoms with Gasteiger partial charge in [-0.25, -0.2) is 8.78 Å². The number of rotatable bonds is 9. The summed E-state index contributed by atoms with van der Waals surface area (Å²) < 4.78 is 31.5. The fourth-order valence-corrected chi connectivity index (χ4v) is 3.57. The van der Waals surface area contributed by atoms with Crippen molar-refractivity contribution in [3.63, 3.8) is 0 Å². The number of hydrogen-bond donors (Lipinski definition) is 3. The maximum atomic E-state index is 13.1. The largest absolute Gasteiger partial charge is 0.491 e. The Hall–Kier alpha value is -1.98. The van der Waals surface area contributed by atoms with Crippen LogP contribution in [-0.4, -0.2) is 60.9 Å². The number of nitrogens with zero attached hydrogens (tertiary/aromatic N) is 2. The van der Waals surface area contributed by atoms with Crippen LogP contribution in [-0.2, 0) is 6.54 Å². The number of likely N-dealkylation sites (tertiary alicyclic amines) is 1. The Bertz CT molecular complexity index is 845. The van der Waals surface area contributed by atoms with Gasteiger partial charge in [-0.3, -0.25) is 9.89 Å². The molecule has 2 aromatic rings. The van der Waals surface area contributed by atoms with Crippen LogP contribution < -0.4 is 15.4 Å². The van der Waals surface area contributed by atoms with Crippen LogP contribution in [0.5, 0.6) is 5.75 Å². The van der Waals surface area contributed by atoms with Crippen molar-refractivity contribution in [1.82, 2.24) is 15.5 Å². The first-order valence-electron chi connectivity index (χ1n) is 11.1. The molecule has 1 aliphatic rings. The van der Waals surface area contributed by atoms with Crippen molar-refractivity contribution in [2.24, 2.45) is 4.99 Å². The molecule has 1 heterocycles. The number of aliphatic imine (C=N–C) groups is 1. The average Bonchev–Trinajstić information content (AvgIpc) is 2.80. The molecule has 0 spiro atoms. The third kappa shape index (κ3) is 9.81. The summed E-state index contributed by atoms with van der Waals surface area (Å²) in [5.41, 5.74) is 1.12. The van der Waals surface area contributed by atoms with Crippen LogP contribution in [0.15, 0.2) is 53.5 Å². The summed E-state index contributed by atoms with van der Waals surface area (Å²) in [7, 11) is 0. The second-order valence-electron chi connectivity index (χ2n) is 7.96. The Labute approximate surface area is 211 Å². The number of halogens is 3. The molecular weight excluding hydrogens is 541 g/mol. The van der Waals surface area contributed by atoms with Gasteiger partial charge in [0.2, 0.25) is 0 Å². The zero-order valence-electron chi connectivity index (χ0n) is 18.8. The Morgan fingerprint density at radius 3 is 2.30 bits per heavy atom. The number of aliphatic hydroxyl groups excluding tert-OH is 1. The molecule has 2 aromatic carbocycles. The molecule has 33 heavy (non-hydrogen) atoms. The summed E-state index contributed by atoms with van der Waals surface area (Å²) >= 11 is 0. The fraction of sp³-hybridized carbons (Fsp3) is 0.458. The minimum absolute atomic E-state index is 0. The molecule has 0 bridgehead atoms. The van der Waals surface area contributed by atoms with Crippen molar-refractivity contribution in [3.05, 3.63) is 65.7 Å². The molecule has 0 aliphatic carbocycles. The maximum absolute atomic E-state index is 13.1. The van der Waals surface area contributed by atoms with Crippen molar-refractivity contribution in [2.75, 3.05) is 32.8 Å². The molecule has 0 radical (unpaired) electrons. The SMILES string of the molecule is CCNC(=NCC(O)COc1ccc(F)cc1)NC1CCN(Cc2ccc(F)cc2)CC1.I. The van der Waals surface area contributed by atoms with E-state index in [1.807, 2.05) is 19.1 Å². The van der Waals surface area contributed by atoms with Gasteiger partial charge in [0.15, 0.2) is 5.96 Å². The highest BCUT2D eigenvalue weighted by atomic mass is 127. The van der Waals surface area contributed by atoms with Crippen LogP contribution in [0, 0.1) is 11.6 Å². The highest BCUT2D eigenvalue weighted by Crippen LogP contribution is 2.15. The van der Waals surface area contributed by atoms with Gasteiger partial charge in [-0.2, -0.15) is 0 Å². The number of guanidine groups is 1. The fourth-order valence-electron chi connectivity index (χ4n) is 3.57. The monoisotopic (exact) mass is 574 g/mol. The number of nitrogens with one attached hydrogen (secondary N) is 2. The van der Waals surface area contributed by atoms with Gasteiger partial charge in [0.25, 0.3) is 0 Å². The standard InChI is InChI=1S/C24H32F2N4O2.HI/c1-2-27-24(28-15-22(31)17-32-23-9-7-20(26)8-10-23)29-21-11-13-30(14-12-21)16-18-3-5-19(25)6-4-18;/h3-10,21-22,31H,2,11-17H2,1H3,(H2,27,28,29);1H. The van der Waals surface area contributed by atoms with E-state index >= 15 is 0 Å². The molecule has 6 nitrogen and oxygen atoms in total. The third-order valence-corrected chi connectivity index (χ3v) is 5.31. The maximum Gasteiger partial charge on any atom is 0.191 e. The van der Waals surface area contributed by atoms with Gasteiger partial charge < -0.3 is 20.5 Å². The van der Waals surface area contributed by atoms with Crippen LogP contribution in [0.25, 0.3) is 0 Å². The second kappa shape index (κ2) is 14.3. The van der Waals surface area contributed by atoms with Crippen molar-refractivity contribution >= 4 is 29.9 Å². The van der Waals surface area contributed by atoms with Crippen molar-refractivity contribution < 1.29 is 18.6 Å². The lowest BCUT2D eigenvalue weighted by atomic mass is 10.0. The van der Waals surface area contributed by atoms with Gasteiger partial charge in [0.1, 0.15) is 30.1 Å². The van der Waals surface area contributed by atoms with Crippen LogP contribution in [0.4, 0.5) is 8.78 Å². The number of benzene rings is 2. The van der Waals surface area contributed by atoms with Crippen molar-refractivity contribution in [3.8, 4) is 5.75 Å². The number of hydrogen-bond acceptors (Lipinski definition) is 4. The van der Waals surface area contributed by atoms with E-state index in [4.69, 9.17) is 4.74 Å². The van der Waals surface area contributed by atoms with E-state index in [-0.39, 0.29) is 48.8 Å². The van der Waals surface area contributed by atoms with E-state index < -0.39 is 6.10 Å². The lowest BCUT2D eigenvalue weighted by Crippen LogP contribution is -2.48. The van der Waals surface area contributed by atoms with Gasteiger partial charge in [-0.05, 0) is 61.7 Å². The Balaban J connectivity index is 0.00000385. The van der Waals surface area contributed by atoms with E-state index in [1.54, 1.807) is 0 Å². The van der Waals surface area contributed by atoms with Crippen molar-refractivity contribution in [2.45, 2.75) is 38.5 Å². The first kappa shape index (κ1) is 27.3. The molecule has 3 rings (SSSR count). The predicted molar refractivity (Wildman–Crippen MR) is 137 cm³/mol. The average molecular weight is 574 g/mol. The Morgan fingerprint density at radius 1 is 1.09 bits per heavy atom. The van der Waals surface area contributed by atoms with E-state index in [2.05, 4.69) is 20.5 Å². The summed E-state index contributed by atoms with van der Waals surface area (Å²) in [5.74, 6) is 0.640. The summed E-state index contributed by atoms with van der Waals surface area (Å²) in [6.07, 6.45) is 1.18. The first-order valence-corrected chi connectivity index (χ1v) is 11.1. The second-order valence-corrected chi connectivity index (χ2v) is 7.96. The molecule has 1 fully saturated rings. The summed E-state index contributed by atoms with van der Waals surface area (Å²) in [6.45, 7) is 5.71. The van der Waals surface area contributed by atoms with Gasteiger partial charge in [0.05, 0.1) is 6.54 Å². The number of piperidine rings is 1. The summed E-state index contributed by atoms with van der Waals surface area (Å²) in [5, 5.41) is 16.9. The molecule has 9 heteroatoms. The van der Waals surface area contributed by atoms with Crippen LogP contribution in [0.3, 0.4) is 0 Å². The van der Waals surface area contributed by atoms with Gasteiger partial charge in [-0.1, -0.05) is 12.1 Å². The van der Waals surface area contributed by atoms with E-state index in [0.29, 0.717) is 17.8 Å². The molecule has 1 aliphatic heterocycles. The lowest BCUT2D eigenvalue weighted by Gasteiger charge is -2.33. The molecule has 0 amide bonds. The quantitative estimate of drug-likeness (QED) is 0.243. The molecule has 3 N–H and O–H groups in total. The minimum Gasteiger partial charge on any atom is -0.491 e. The predicted octanol–water partition coefficient (Wildman–Crippen LogP) is 3.54. The van der Waals surface area contributed by atoms with Crippen LogP contribution in [0.2, 0.25) is 0 Å². The van der Waals surface area contributed by atoms with Gasteiger partial charge in [0, 0.05) is 32.2 Å². The minimum atomic E-state index is -0.770. The van der Waals surface area contributed by atoms with E-state index in [0.717, 1.165) is 44.6 Å². The summed E-state index contributed by atoms with van der Waals surface area (Å²) in [4.78, 5) is 6.85. The van der Waals surface area contributed by atoms with E-state index in [9.17, 15) is 13.9 Å². The molecule has 1 atom stereocenters. The third-order valence-electron chi connectivity index (χ3n) is 5.31. The highest BCUT2D eigenvalue weighted by molar-refractivity contribution is 14.0. The topological polar surface area (TPSA) is 69.1 Å². The molecule has 1 unspecified atom stereocenters. The van der Waals surface area contributed by atoms with Crippen LogP contribution >= 0.6 is 24.0 Å². The van der Waals surface area contributed by atoms with Gasteiger partial charge in [-0.15, -0.1) is 24.0 Å². The molecule has 0 saturated carbocycles. The number of aliphatic hydroxyl groups is 1. The first-order chi connectivity index (χ1) is 15.5. The van der Waals surface area contributed by atoms with E-state index in [1.165, 1.54) is 36.4 Å². The Morgan fingerprint density at radius 2 is 1.70 bits per heavy atom. The summed E-state index contributed by atoms with van der Waals surface area (Å²) in [6, 6.07) is 12.7.